The molecule has 0 aromatic heterocycles. The van der Waals surface area contributed by atoms with Gasteiger partial charge in [0.05, 0.1) is 0 Å². The molecule has 0 aliphatic carbocycles. The Kier molecular flexibility index (Phi) is 4.67. The van der Waals surface area contributed by atoms with Crippen LogP contribution in [0.5, 0.6) is 0 Å². The largest absolute Gasteiger partial charge is 0.369 e. The first-order valence-electron chi connectivity index (χ1n) is 6.23. The summed E-state index contributed by atoms with van der Waals surface area (Å²) in [5, 5.41) is 19.6. The van der Waals surface area contributed by atoms with Crippen LogP contribution < -0.4 is 0 Å². The molecule has 2 unspecified atom stereocenters. The molecule has 7 heteroatoms. The first-order valence-corrected chi connectivity index (χ1v) is 6.23. The molecule has 1 aliphatic heterocycles. The number of aliphatic hydroxyl groups is 2. The van der Waals surface area contributed by atoms with E-state index < -0.39 is 18.5 Å². The van der Waals surface area contributed by atoms with Crippen molar-refractivity contribution in [2.75, 3.05) is 14.1 Å². The second-order valence-electron chi connectivity index (χ2n) is 5.61. The second-order valence-corrected chi connectivity index (χ2v) is 5.61. The van der Waals surface area contributed by atoms with Crippen molar-refractivity contribution in [1.29, 1.82) is 0 Å². The van der Waals surface area contributed by atoms with E-state index in [0.717, 1.165) is 9.80 Å². The number of aliphatic hydroxyl groups excluding tert-OH is 2. The zero-order valence-electron chi connectivity index (χ0n) is 12.5. The Bertz CT molecular complexity index is 465. The summed E-state index contributed by atoms with van der Waals surface area (Å²) in [5.74, 6) is 0.225. The molecule has 0 aromatic rings. The summed E-state index contributed by atoms with van der Waals surface area (Å²) < 4.78 is 0. The molecule has 20 heavy (non-hydrogen) atoms. The molecule has 2 amide bonds. The Labute approximate surface area is 118 Å². The summed E-state index contributed by atoms with van der Waals surface area (Å²) in [6, 6.07) is -0.529. The number of rotatable bonds is 2. The monoisotopic (exact) mass is 282 g/mol. The molecule has 2 N–H and O–H groups in total. The van der Waals surface area contributed by atoms with Crippen LogP contribution in [0.25, 0.3) is 0 Å². The van der Waals surface area contributed by atoms with Gasteiger partial charge in [-0.15, -0.1) is 0 Å². The van der Waals surface area contributed by atoms with Crippen LogP contribution in [0.4, 0.5) is 4.79 Å². The SMILES string of the molecule is C=N/C(=C\C(=NC)N1C(=O)N(C)C(O)C1O)C(C)(C)C. The van der Waals surface area contributed by atoms with Crippen LogP contribution in [0.2, 0.25) is 0 Å². The van der Waals surface area contributed by atoms with E-state index in [1.165, 1.54) is 14.1 Å². The van der Waals surface area contributed by atoms with Crippen LogP contribution in [0.1, 0.15) is 20.8 Å². The van der Waals surface area contributed by atoms with E-state index in [2.05, 4.69) is 16.7 Å². The van der Waals surface area contributed by atoms with Crippen LogP contribution >= 0.6 is 0 Å². The smallest absolute Gasteiger partial charge is 0.329 e. The number of allylic oxidation sites excluding steroid dienone is 1. The average molecular weight is 282 g/mol. The van der Waals surface area contributed by atoms with Crippen molar-refractivity contribution in [1.82, 2.24) is 9.80 Å². The van der Waals surface area contributed by atoms with E-state index in [9.17, 15) is 15.0 Å². The van der Waals surface area contributed by atoms with Crippen LogP contribution in [0, 0.1) is 5.41 Å². The minimum atomic E-state index is -1.37. The molecule has 2 atom stereocenters. The molecule has 1 saturated heterocycles. The number of carbonyl (C=O) groups is 1. The lowest BCUT2D eigenvalue weighted by Gasteiger charge is -2.23. The highest BCUT2D eigenvalue weighted by molar-refractivity contribution is 6.05. The number of amidine groups is 1. The Hall–Kier alpha value is -1.73. The molecule has 1 fully saturated rings. The number of aliphatic imine (C=N–C) groups is 2. The minimum absolute atomic E-state index is 0.225. The molecule has 0 aromatic carbocycles. The van der Waals surface area contributed by atoms with Crippen molar-refractivity contribution in [3.05, 3.63) is 11.8 Å². The number of likely N-dealkylation sites (N-methyl/N-ethyl adjacent to an activating group) is 1. The Morgan fingerprint density at radius 2 is 1.90 bits per heavy atom. The van der Waals surface area contributed by atoms with Crippen molar-refractivity contribution in [2.24, 2.45) is 15.4 Å². The number of amides is 2. The van der Waals surface area contributed by atoms with Crippen molar-refractivity contribution >= 4 is 18.6 Å². The summed E-state index contributed by atoms with van der Waals surface area (Å²) in [5.41, 5.74) is 0.345. The van der Waals surface area contributed by atoms with Gasteiger partial charge < -0.3 is 10.2 Å². The third-order valence-electron chi connectivity index (χ3n) is 3.12. The summed E-state index contributed by atoms with van der Waals surface area (Å²) in [6.45, 7) is 9.36. The van der Waals surface area contributed by atoms with Crippen LogP contribution in [0.15, 0.2) is 21.8 Å². The maximum absolute atomic E-state index is 12.0. The zero-order chi connectivity index (χ0) is 15.7. The van der Waals surface area contributed by atoms with Gasteiger partial charge in [-0.2, -0.15) is 0 Å². The van der Waals surface area contributed by atoms with Gasteiger partial charge in [-0.3, -0.25) is 14.9 Å². The average Bonchev–Trinajstić information content (AvgIpc) is 2.55. The van der Waals surface area contributed by atoms with E-state index in [1.807, 2.05) is 20.8 Å². The first-order chi connectivity index (χ1) is 9.15. The van der Waals surface area contributed by atoms with Gasteiger partial charge in [-0.05, 0) is 6.72 Å². The van der Waals surface area contributed by atoms with E-state index in [4.69, 9.17) is 0 Å². The summed E-state index contributed by atoms with van der Waals surface area (Å²) in [7, 11) is 2.91. The molecule has 1 aliphatic rings. The van der Waals surface area contributed by atoms with Crippen LogP contribution in [-0.4, -0.2) is 65.1 Å². The van der Waals surface area contributed by atoms with Crippen LogP contribution in [0.3, 0.4) is 0 Å². The van der Waals surface area contributed by atoms with E-state index in [-0.39, 0.29) is 11.3 Å². The zero-order valence-corrected chi connectivity index (χ0v) is 12.5. The quantitative estimate of drug-likeness (QED) is 0.575. The number of nitrogens with zero attached hydrogens (tertiary/aromatic N) is 4. The van der Waals surface area contributed by atoms with Gasteiger partial charge in [0.15, 0.2) is 12.5 Å². The normalized spacial score (nSPS) is 25.4. The molecule has 7 nitrogen and oxygen atoms in total. The van der Waals surface area contributed by atoms with Gasteiger partial charge in [-0.1, -0.05) is 20.8 Å². The molecule has 112 valence electrons. The minimum Gasteiger partial charge on any atom is -0.369 e. The molecular weight excluding hydrogens is 260 g/mol. The van der Waals surface area contributed by atoms with Gasteiger partial charge in [0, 0.05) is 31.3 Å². The molecule has 0 spiro atoms. The maximum Gasteiger partial charge on any atom is 0.329 e. The fraction of sp³-hybridized carbons (Fsp3) is 0.615. The summed E-state index contributed by atoms with van der Waals surface area (Å²) in [6.07, 6.45) is -1.07. The molecule has 0 saturated carbocycles. The highest BCUT2D eigenvalue weighted by Gasteiger charge is 2.44. The van der Waals surface area contributed by atoms with Crippen LogP contribution in [-0.2, 0) is 0 Å². The number of hydrogen-bond donors (Lipinski definition) is 2. The van der Waals surface area contributed by atoms with E-state index >= 15 is 0 Å². The Balaban J connectivity index is 3.19. The van der Waals surface area contributed by atoms with E-state index in [0.29, 0.717) is 5.70 Å². The maximum atomic E-state index is 12.0. The summed E-state index contributed by atoms with van der Waals surface area (Å²) >= 11 is 0. The Morgan fingerprint density at radius 3 is 2.20 bits per heavy atom. The van der Waals surface area contributed by atoms with Gasteiger partial charge in [0.2, 0.25) is 0 Å². The molecule has 1 rings (SSSR count). The van der Waals surface area contributed by atoms with Crippen molar-refractivity contribution in [3.63, 3.8) is 0 Å². The lowest BCUT2D eigenvalue weighted by Crippen LogP contribution is -2.40. The van der Waals surface area contributed by atoms with Gasteiger partial charge in [-0.25, -0.2) is 9.69 Å². The van der Waals surface area contributed by atoms with Gasteiger partial charge >= 0.3 is 6.03 Å². The van der Waals surface area contributed by atoms with Crippen molar-refractivity contribution < 1.29 is 15.0 Å². The predicted octanol–water partition coefficient (Wildman–Crippen LogP) is 0.649. The molecule has 1 heterocycles. The van der Waals surface area contributed by atoms with E-state index in [1.54, 1.807) is 6.08 Å². The third kappa shape index (κ3) is 2.88. The van der Waals surface area contributed by atoms with Gasteiger partial charge in [0.1, 0.15) is 5.84 Å². The highest BCUT2D eigenvalue weighted by atomic mass is 16.4. The highest BCUT2D eigenvalue weighted by Crippen LogP contribution is 2.27. The number of carbonyl (C=O) groups excluding carboxylic acids is 1. The lowest BCUT2D eigenvalue weighted by atomic mass is 9.92. The second kappa shape index (κ2) is 5.72. The third-order valence-corrected chi connectivity index (χ3v) is 3.12. The lowest BCUT2D eigenvalue weighted by molar-refractivity contribution is -0.0460. The topological polar surface area (TPSA) is 88.7 Å². The first kappa shape index (κ1) is 16.3. The fourth-order valence-electron chi connectivity index (χ4n) is 1.83. The summed E-state index contributed by atoms with van der Waals surface area (Å²) in [4.78, 5) is 22.0. The van der Waals surface area contributed by atoms with Crippen molar-refractivity contribution in [2.45, 2.75) is 33.2 Å². The standard InChI is InChI=1S/C13H22N4O3/c1-13(2,3)8(14-4)7-9(15-5)17-11(19)10(18)16(6)12(17)20/h7,10-11,18-19H,4H2,1-3,5-6H3/b8-7-,15-9?. The molecule has 0 bridgehead atoms. The fourth-order valence-corrected chi connectivity index (χ4v) is 1.83. The Morgan fingerprint density at radius 1 is 1.35 bits per heavy atom. The van der Waals surface area contributed by atoms with Gasteiger partial charge in [0.25, 0.3) is 0 Å². The molecule has 0 radical (unpaired) electrons. The molecular formula is C13H22N4O3. The number of urea groups is 1. The number of hydrogen-bond acceptors (Lipinski definition) is 5. The predicted molar refractivity (Wildman–Crippen MR) is 77.5 cm³/mol. The van der Waals surface area contributed by atoms with Crippen molar-refractivity contribution in [3.8, 4) is 0 Å².